The maximum absolute atomic E-state index is 8.71. The lowest BCUT2D eigenvalue weighted by molar-refractivity contribution is 0.208. The second-order valence-corrected chi connectivity index (χ2v) is 3.59. The summed E-state index contributed by atoms with van der Waals surface area (Å²) in [5, 5.41) is 12.6. The molecule has 0 radical (unpaired) electrons. The highest BCUT2D eigenvalue weighted by Gasteiger charge is 2.22. The molecular formula is C10H16N2O. The predicted octanol–water partition coefficient (Wildman–Crippen LogP) is 2.34. The Labute approximate surface area is 79.4 Å². The van der Waals surface area contributed by atoms with Crippen molar-refractivity contribution < 1.29 is 4.84 Å². The summed E-state index contributed by atoms with van der Waals surface area (Å²) in [7, 11) is 1.57. The van der Waals surface area contributed by atoms with E-state index >= 15 is 0 Å². The SMILES string of the molecule is CO/N=C(\C)C1CCC(C#N)CC1. The van der Waals surface area contributed by atoms with E-state index in [9.17, 15) is 0 Å². The Kier molecular flexibility index (Phi) is 3.75. The molecule has 3 nitrogen and oxygen atoms in total. The van der Waals surface area contributed by atoms with Gasteiger partial charge < -0.3 is 4.84 Å². The zero-order chi connectivity index (χ0) is 9.68. The summed E-state index contributed by atoms with van der Waals surface area (Å²) in [6.07, 6.45) is 4.18. The Hall–Kier alpha value is -1.04. The van der Waals surface area contributed by atoms with Crippen molar-refractivity contribution in [2.45, 2.75) is 32.6 Å². The highest BCUT2D eigenvalue weighted by molar-refractivity contribution is 5.83. The standard InChI is InChI=1S/C10H16N2O/c1-8(12-13-2)10-5-3-9(7-11)4-6-10/h9-10H,3-6H2,1-2H3/b12-8+. The molecule has 0 amide bonds. The lowest BCUT2D eigenvalue weighted by Gasteiger charge is -2.23. The zero-order valence-corrected chi connectivity index (χ0v) is 8.29. The predicted molar refractivity (Wildman–Crippen MR) is 51.2 cm³/mol. The Balaban J connectivity index is 2.41. The van der Waals surface area contributed by atoms with E-state index in [0.717, 1.165) is 31.4 Å². The molecule has 0 aliphatic heterocycles. The van der Waals surface area contributed by atoms with E-state index in [1.807, 2.05) is 6.92 Å². The van der Waals surface area contributed by atoms with Gasteiger partial charge in [-0.3, -0.25) is 0 Å². The van der Waals surface area contributed by atoms with E-state index in [1.165, 1.54) is 0 Å². The maximum atomic E-state index is 8.71. The lowest BCUT2D eigenvalue weighted by atomic mass is 9.81. The van der Waals surface area contributed by atoms with Crippen molar-refractivity contribution in [1.82, 2.24) is 0 Å². The quantitative estimate of drug-likeness (QED) is 0.483. The van der Waals surface area contributed by atoms with E-state index in [-0.39, 0.29) is 5.92 Å². The molecule has 1 rings (SSSR count). The van der Waals surface area contributed by atoms with Gasteiger partial charge in [0.05, 0.1) is 11.8 Å². The van der Waals surface area contributed by atoms with Crippen molar-refractivity contribution in [3.05, 3.63) is 0 Å². The normalized spacial score (nSPS) is 29.5. The highest BCUT2D eigenvalue weighted by Crippen LogP contribution is 2.29. The Morgan fingerprint density at radius 3 is 2.46 bits per heavy atom. The summed E-state index contributed by atoms with van der Waals surface area (Å²) < 4.78 is 0. The van der Waals surface area contributed by atoms with Crippen LogP contribution in [0.1, 0.15) is 32.6 Å². The van der Waals surface area contributed by atoms with Crippen molar-refractivity contribution in [2.75, 3.05) is 7.11 Å². The van der Waals surface area contributed by atoms with Gasteiger partial charge in [-0.1, -0.05) is 5.16 Å². The number of nitriles is 1. The molecule has 1 fully saturated rings. The maximum Gasteiger partial charge on any atom is 0.106 e. The molecule has 72 valence electrons. The van der Waals surface area contributed by atoms with Crippen molar-refractivity contribution in [3.8, 4) is 6.07 Å². The minimum atomic E-state index is 0.270. The molecule has 0 N–H and O–H groups in total. The van der Waals surface area contributed by atoms with Crippen LogP contribution in [0.3, 0.4) is 0 Å². The molecular weight excluding hydrogens is 164 g/mol. The summed E-state index contributed by atoms with van der Waals surface area (Å²) in [6.45, 7) is 2.00. The molecule has 0 heterocycles. The molecule has 0 aromatic heterocycles. The van der Waals surface area contributed by atoms with Crippen LogP contribution in [-0.2, 0) is 4.84 Å². The molecule has 0 aromatic carbocycles. The Morgan fingerprint density at radius 2 is 2.00 bits per heavy atom. The summed E-state index contributed by atoms with van der Waals surface area (Å²) in [4.78, 5) is 4.73. The van der Waals surface area contributed by atoms with Crippen LogP contribution >= 0.6 is 0 Å². The highest BCUT2D eigenvalue weighted by atomic mass is 16.6. The van der Waals surface area contributed by atoms with Crippen molar-refractivity contribution in [2.24, 2.45) is 17.0 Å². The number of nitrogens with zero attached hydrogens (tertiary/aromatic N) is 2. The van der Waals surface area contributed by atoms with Gasteiger partial charge in [0.1, 0.15) is 7.11 Å². The molecule has 0 saturated heterocycles. The van der Waals surface area contributed by atoms with Crippen LogP contribution in [0.25, 0.3) is 0 Å². The van der Waals surface area contributed by atoms with Crippen LogP contribution in [0.5, 0.6) is 0 Å². The summed E-state index contributed by atoms with van der Waals surface area (Å²) in [6, 6.07) is 2.32. The minimum Gasteiger partial charge on any atom is -0.399 e. The molecule has 0 atom stereocenters. The largest absolute Gasteiger partial charge is 0.399 e. The topological polar surface area (TPSA) is 45.4 Å². The van der Waals surface area contributed by atoms with Crippen molar-refractivity contribution in [3.63, 3.8) is 0 Å². The lowest BCUT2D eigenvalue weighted by Crippen LogP contribution is -2.19. The Morgan fingerprint density at radius 1 is 1.38 bits per heavy atom. The van der Waals surface area contributed by atoms with Gasteiger partial charge in [0, 0.05) is 11.8 Å². The fraction of sp³-hybridized carbons (Fsp3) is 0.800. The average Bonchev–Trinajstić information content (AvgIpc) is 2.18. The van der Waals surface area contributed by atoms with Crippen LogP contribution in [0.15, 0.2) is 5.16 Å². The third-order valence-corrected chi connectivity index (χ3v) is 2.74. The number of hydrogen-bond donors (Lipinski definition) is 0. The molecule has 0 aromatic rings. The van der Waals surface area contributed by atoms with Gasteiger partial charge in [-0.05, 0) is 32.6 Å². The average molecular weight is 180 g/mol. The monoisotopic (exact) mass is 180 g/mol. The van der Waals surface area contributed by atoms with E-state index in [0.29, 0.717) is 5.92 Å². The molecule has 3 heteroatoms. The molecule has 0 bridgehead atoms. The van der Waals surface area contributed by atoms with Crippen LogP contribution in [0, 0.1) is 23.2 Å². The van der Waals surface area contributed by atoms with E-state index < -0.39 is 0 Å². The van der Waals surface area contributed by atoms with E-state index in [4.69, 9.17) is 10.1 Å². The van der Waals surface area contributed by atoms with Crippen LogP contribution < -0.4 is 0 Å². The second kappa shape index (κ2) is 4.86. The molecule has 1 saturated carbocycles. The molecule has 0 spiro atoms. The number of oxime groups is 1. The van der Waals surface area contributed by atoms with Gasteiger partial charge >= 0.3 is 0 Å². The summed E-state index contributed by atoms with van der Waals surface area (Å²) >= 11 is 0. The fourth-order valence-electron chi connectivity index (χ4n) is 1.86. The van der Waals surface area contributed by atoms with Crippen LogP contribution in [0.4, 0.5) is 0 Å². The Bertz CT molecular complexity index is 222. The first-order valence-electron chi connectivity index (χ1n) is 4.75. The van der Waals surface area contributed by atoms with Gasteiger partial charge in [-0.15, -0.1) is 0 Å². The minimum absolute atomic E-state index is 0.270. The van der Waals surface area contributed by atoms with E-state index in [1.54, 1.807) is 7.11 Å². The smallest absolute Gasteiger partial charge is 0.106 e. The summed E-state index contributed by atoms with van der Waals surface area (Å²) in [5.41, 5.74) is 1.07. The summed E-state index contributed by atoms with van der Waals surface area (Å²) in [5.74, 6) is 0.802. The van der Waals surface area contributed by atoms with Crippen LogP contribution in [0.2, 0.25) is 0 Å². The third-order valence-electron chi connectivity index (χ3n) is 2.74. The van der Waals surface area contributed by atoms with Crippen molar-refractivity contribution >= 4 is 5.71 Å². The first-order chi connectivity index (χ1) is 6.27. The van der Waals surface area contributed by atoms with Gasteiger partial charge in [0.25, 0.3) is 0 Å². The first-order valence-corrected chi connectivity index (χ1v) is 4.75. The molecule has 1 aliphatic carbocycles. The molecule has 13 heavy (non-hydrogen) atoms. The second-order valence-electron chi connectivity index (χ2n) is 3.59. The van der Waals surface area contributed by atoms with Gasteiger partial charge in [-0.2, -0.15) is 5.26 Å². The fourth-order valence-corrected chi connectivity index (χ4v) is 1.86. The first kappa shape index (κ1) is 10.0. The van der Waals surface area contributed by atoms with Gasteiger partial charge in [0.2, 0.25) is 0 Å². The van der Waals surface area contributed by atoms with Crippen molar-refractivity contribution in [1.29, 1.82) is 5.26 Å². The third kappa shape index (κ3) is 2.73. The van der Waals surface area contributed by atoms with E-state index in [2.05, 4.69) is 11.2 Å². The number of rotatable bonds is 2. The molecule has 0 unspecified atom stereocenters. The van der Waals surface area contributed by atoms with Gasteiger partial charge in [-0.25, -0.2) is 0 Å². The number of hydrogen-bond acceptors (Lipinski definition) is 3. The van der Waals surface area contributed by atoms with Crippen LogP contribution in [-0.4, -0.2) is 12.8 Å². The van der Waals surface area contributed by atoms with Gasteiger partial charge in [0.15, 0.2) is 0 Å². The zero-order valence-electron chi connectivity index (χ0n) is 8.29. The molecule has 1 aliphatic rings.